The van der Waals surface area contributed by atoms with Gasteiger partial charge in [0, 0.05) is 11.6 Å². The van der Waals surface area contributed by atoms with E-state index in [0.29, 0.717) is 5.92 Å². The second-order valence-electron chi connectivity index (χ2n) is 5.75. The van der Waals surface area contributed by atoms with Gasteiger partial charge in [-0.2, -0.15) is 8.78 Å². The van der Waals surface area contributed by atoms with Gasteiger partial charge in [0.2, 0.25) is 0 Å². The molecule has 0 fully saturated rings. The number of benzene rings is 1. The van der Waals surface area contributed by atoms with Gasteiger partial charge < -0.3 is 10.1 Å². The summed E-state index contributed by atoms with van der Waals surface area (Å²) in [6.07, 6.45) is 4.16. The lowest BCUT2D eigenvalue weighted by Crippen LogP contribution is -2.23. The molecule has 0 amide bonds. The monoisotopic (exact) mass is 299 g/mol. The van der Waals surface area contributed by atoms with Gasteiger partial charge in [0.05, 0.1) is 0 Å². The van der Waals surface area contributed by atoms with Gasteiger partial charge in [0.1, 0.15) is 5.75 Å². The molecule has 0 aliphatic rings. The number of hydrogen-bond donors (Lipinski definition) is 1. The molecule has 1 aromatic rings. The van der Waals surface area contributed by atoms with E-state index in [1.54, 1.807) is 12.1 Å². The van der Waals surface area contributed by atoms with Gasteiger partial charge in [-0.1, -0.05) is 51.8 Å². The van der Waals surface area contributed by atoms with Crippen LogP contribution in [0.15, 0.2) is 24.3 Å². The lowest BCUT2D eigenvalue weighted by atomic mass is 9.97. The lowest BCUT2D eigenvalue weighted by Gasteiger charge is -2.22. The number of ether oxygens (including phenoxy) is 1. The van der Waals surface area contributed by atoms with Crippen LogP contribution in [0.25, 0.3) is 0 Å². The maximum Gasteiger partial charge on any atom is 0.387 e. The summed E-state index contributed by atoms with van der Waals surface area (Å²) < 4.78 is 29.7. The van der Waals surface area contributed by atoms with Crippen molar-refractivity contribution in [1.82, 2.24) is 5.32 Å². The Hall–Kier alpha value is -1.16. The molecule has 0 bridgehead atoms. The highest BCUT2D eigenvalue weighted by molar-refractivity contribution is 5.36. The van der Waals surface area contributed by atoms with Crippen molar-refractivity contribution in [3.63, 3.8) is 0 Å². The predicted octanol–water partition coefficient (Wildman–Crippen LogP) is 5.16. The van der Waals surface area contributed by atoms with Gasteiger partial charge >= 0.3 is 6.61 Å². The van der Waals surface area contributed by atoms with Gasteiger partial charge in [0.25, 0.3) is 0 Å². The molecule has 1 N–H and O–H groups in total. The van der Waals surface area contributed by atoms with Crippen LogP contribution in [0.4, 0.5) is 8.78 Å². The van der Waals surface area contributed by atoms with Crippen LogP contribution in [0.5, 0.6) is 5.75 Å². The molecule has 0 radical (unpaired) electrons. The second-order valence-corrected chi connectivity index (χ2v) is 5.75. The Balaban J connectivity index is 2.80. The van der Waals surface area contributed by atoms with Crippen molar-refractivity contribution in [2.24, 2.45) is 5.92 Å². The highest BCUT2D eigenvalue weighted by Crippen LogP contribution is 2.30. The molecule has 21 heavy (non-hydrogen) atoms. The van der Waals surface area contributed by atoms with E-state index in [4.69, 9.17) is 0 Å². The molecule has 1 unspecified atom stereocenters. The summed E-state index contributed by atoms with van der Waals surface area (Å²) in [5.74, 6) is 0.940. The molecule has 120 valence electrons. The number of halogens is 2. The summed E-state index contributed by atoms with van der Waals surface area (Å²) in [6.45, 7) is 4.58. The lowest BCUT2D eigenvalue weighted by molar-refractivity contribution is -0.0507. The first-order valence-electron chi connectivity index (χ1n) is 7.81. The summed E-state index contributed by atoms with van der Waals surface area (Å²) in [5, 5.41) is 3.45. The van der Waals surface area contributed by atoms with Gasteiger partial charge in [-0.15, -0.1) is 0 Å². The predicted molar refractivity (Wildman–Crippen MR) is 82.8 cm³/mol. The standard InChI is InChI=1S/C17H27F2NO/c1-4-12-20-15(10-7-8-13(2)3)14-9-5-6-11-16(14)21-17(18)19/h5-6,9,11,13,15,17,20H,4,7-8,10,12H2,1-3H3. The normalized spacial score (nSPS) is 12.9. The molecular weight excluding hydrogens is 272 g/mol. The third kappa shape index (κ3) is 6.89. The quantitative estimate of drug-likeness (QED) is 0.644. The Morgan fingerprint density at radius 1 is 1.14 bits per heavy atom. The minimum absolute atomic E-state index is 0.0682. The van der Waals surface area contributed by atoms with E-state index in [2.05, 4.69) is 30.8 Å². The van der Waals surface area contributed by atoms with E-state index < -0.39 is 6.61 Å². The summed E-state index contributed by atoms with van der Waals surface area (Å²) >= 11 is 0. The summed E-state index contributed by atoms with van der Waals surface area (Å²) in [5.41, 5.74) is 0.829. The Bertz CT molecular complexity index is 396. The maximum atomic E-state index is 12.5. The maximum absolute atomic E-state index is 12.5. The van der Waals surface area contributed by atoms with Crippen LogP contribution in [0.1, 0.15) is 58.1 Å². The van der Waals surface area contributed by atoms with E-state index in [1.165, 1.54) is 0 Å². The number of nitrogens with one attached hydrogen (secondary N) is 1. The third-order valence-corrected chi connectivity index (χ3v) is 3.43. The first kappa shape index (κ1) is 17.9. The van der Waals surface area contributed by atoms with Crippen molar-refractivity contribution in [3.05, 3.63) is 29.8 Å². The highest BCUT2D eigenvalue weighted by atomic mass is 19.3. The van der Waals surface area contributed by atoms with Crippen LogP contribution in [-0.4, -0.2) is 13.2 Å². The molecular formula is C17H27F2NO. The summed E-state index contributed by atoms with van der Waals surface area (Å²) in [4.78, 5) is 0. The van der Waals surface area contributed by atoms with Gasteiger partial charge in [-0.25, -0.2) is 0 Å². The van der Waals surface area contributed by atoms with E-state index in [9.17, 15) is 8.78 Å². The zero-order chi connectivity index (χ0) is 15.7. The Labute approximate surface area is 126 Å². The van der Waals surface area contributed by atoms with Crippen LogP contribution in [0.2, 0.25) is 0 Å². The summed E-state index contributed by atoms with van der Waals surface area (Å²) in [7, 11) is 0. The Morgan fingerprint density at radius 2 is 1.86 bits per heavy atom. The van der Waals surface area contributed by atoms with Crippen molar-refractivity contribution in [2.75, 3.05) is 6.54 Å². The summed E-state index contributed by atoms with van der Waals surface area (Å²) in [6, 6.07) is 7.16. The fraction of sp³-hybridized carbons (Fsp3) is 0.647. The van der Waals surface area contributed by atoms with Gasteiger partial charge in [0.15, 0.2) is 0 Å². The molecule has 0 saturated carbocycles. The van der Waals surface area contributed by atoms with Crippen molar-refractivity contribution in [3.8, 4) is 5.75 Å². The molecule has 1 atom stereocenters. The molecule has 0 aromatic heterocycles. The van der Waals surface area contributed by atoms with Crippen LogP contribution in [0, 0.1) is 5.92 Å². The number of para-hydroxylation sites is 1. The fourth-order valence-corrected chi connectivity index (χ4v) is 2.39. The van der Waals surface area contributed by atoms with Crippen LogP contribution in [0.3, 0.4) is 0 Å². The van der Waals surface area contributed by atoms with Crippen molar-refractivity contribution in [1.29, 1.82) is 0 Å². The molecule has 0 aliphatic heterocycles. The first-order chi connectivity index (χ1) is 10.0. The van der Waals surface area contributed by atoms with Gasteiger partial charge in [-0.3, -0.25) is 0 Å². The van der Waals surface area contributed by atoms with Crippen molar-refractivity contribution < 1.29 is 13.5 Å². The molecule has 0 heterocycles. The number of hydrogen-bond acceptors (Lipinski definition) is 2. The van der Waals surface area contributed by atoms with Crippen molar-refractivity contribution >= 4 is 0 Å². The molecule has 0 saturated heterocycles. The minimum atomic E-state index is -2.78. The topological polar surface area (TPSA) is 21.3 Å². The molecule has 2 nitrogen and oxygen atoms in total. The smallest absolute Gasteiger partial charge is 0.387 e. The molecule has 1 rings (SSSR count). The van der Waals surface area contributed by atoms with E-state index >= 15 is 0 Å². The van der Waals surface area contributed by atoms with Crippen LogP contribution in [-0.2, 0) is 0 Å². The largest absolute Gasteiger partial charge is 0.434 e. The molecule has 0 spiro atoms. The van der Waals surface area contributed by atoms with E-state index in [-0.39, 0.29) is 11.8 Å². The fourth-order valence-electron chi connectivity index (χ4n) is 2.39. The average Bonchev–Trinajstić information content (AvgIpc) is 2.42. The van der Waals surface area contributed by atoms with Crippen LogP contribution >= 0.6 is 0 Å². The van der Waals surface area contributed by atoms with E-state index in [1.807, 2.05) is 12.1 Å². The Morgan fingerprint density at radius 3 is 2.48 bits per heavy atom. The van der Waals surface area contributed by atoms with Gasteiger partial charge in [-0.05, 0) is 31.4 Å². The zero-order valence-electron chi connectivity index (χ0n) is 13.2. The van der Waals surface area contributed by atoms with Crippen LogP contribution < -0.4 is 10.1 Å². The minimum Gasteiger partial charge on any atom is -0.434 e. The Kier molecular flexibility index (Phi) is 8.28. The molecule has 4 heteroatoms. The highest BCUT2D eigenvalue weighted by Gasteiger charge is 2.17. The number of alkyl halides is 2. The first-order valence-corrected chi connectivity index (χ1v) is 7.81. The second kappa shape index (κ2) is 9.72. The number of rotatable bonds is 10. The third-order valence-electron chi connectivity index (χ3n) is 3.43. The zero-order valence-corrected chi connectivity index (χ0v) is 13.2. The molecule has 0 aliphatic carbocycles. The SMILES string of the molecule is CCCNC(CCCC(C)C)c1ccccc1OC(F)F. The average molecular weight is 299 g/mol. The van der Waals surface area contributed by atoms with Crippen molar-refractivity contribution in [2.45, 2.75) is 59.1 Å². The molecule has 1 aromatic carbocycles. The van der Waals surface area contributed by atoms with E-state index in [0.717, 1.165) is 37.8 Å².